The van der Waals surface area contributed by atoms with Crippen molar-refractivity contribution in [2.75, 3.05) is 13.1 Å². The summed E-state index contributed by atoms with van der Waals surface area (Å²) in [6, 6.07) is 25.3. The second kappa shape index (κ2) is 8.28. The quantitative estimate of drug-likeness (QED) is 0.405. The van der Waals surface area contributed by atoms with Gasteiger partial charge >= 0.3 is 0 Å². The molecule has 4 nitrogen and oxygen atoms in total. The largest absolute Gasteiger partial charge is 0.457 e. The molecular formula is C25H22N2O2S. The van der Waals surface area contributed by atoms with E-state index in [1.807, 2.05) is 65.6 Å². The summed E-state index contributed by atoms with van der Waals surface area (Å²) in [5, 5.41) is 1.20. The monoisotopic (exact) mass is 414 g/mol. The topological polar surface area (TPSA) is 42.4 Å². The van der Waals surface area contributed by atoms with Gasteiger partial charge in [0.05, 0.1) is 15.2 Å². The zero-order valence-corrected chi connectivity index (χ0v) is 17.3. The summed E-state index contributed by atoms with van der Waals surface area (Å²) in [5.41, 5.74) is 1.78. The van der Waals surface area contributed by atoms with Gasteiger partial charge in [0.2, 0.25) is 0 Å². The molecule has 4 aromatic rings. The lowest BCUT2D eigenvalue weighted by Gasteiger charge is -2.31. The van der Waals surface area contributed by atoms with Crippen molar-refractivity contribution in [1.29, 1.82) is 0 Å². The molecule has 3 aromatic carbocycles. The number of rotatable bonds is 4. The fourth-order valence-corrected chi connectivity index (χ4v) is 5.00. The van der Waals surface area contributed by atoms with E-state index in [9.17, 15) is 4.79 Å². The second-order valence-electron chi connectivity index (χ2n) is 7.53. The van der Waals surface area contributed by atoms with Crippen molar-refractivity contribution in [1.82, 2.24) is 9.88 Å². The number of amides is 1. The molecule has 0 N–H and O–H groups in total. The zero-order valence-electron chi connectivity index (χ0n) is 16.5. The van der Waals surface area contributed by atoms with Gasteiger partial charge in [0.15, 0.2) is 0 Å². The first-order chi connectivity index (χ1) is 14.8. The van der Waals surface area contributed by atoms with E-state index in [0.29, 0.717) is 11.5 Å². The highest BCUT2D eigenvalue weighted by atomic mass is 32.1. The van der Waals surface area contributed by atoms with Crippen molar-refractivity contribution in [3.63, 3.8) is 0 Å². The molecule has 0 unspecified atom stereocenters. The molecule has 1 saturated heterocycles. The molecule has 30 heavy (non-hydrogen) atoms. The van der Waals surface area contributed by atoms with Crippen LogP contribution in [0.1, 0.15) is 34.1 Å². The Morgan fingerprint density at radius 2 is 1.53 bits per heavy atom. The highest BCUT2D eigenvalue weighted by molar-refractivity contribution is 7.18. The molecule has 150 valence electrons. The number of nitrogens with zero attached hydrogens (tertiary/aromatic N) is 2. The van der Waals surface area contributed by atoms with Crippen LogP contribution in [-0.2, 0) is 0 Å². The maximum Gasteiger partial charge on any atom is 0.253 e. The number of carbonyl (C=O) groups excluding carboxylic acids is 1. The Kier molecular flexibility index (Phi) is 5.20. The van der Waals surface area contributed by atoms with Gasteiger partial charge in [0.1, 0.15) is 11.5 Å². The van der Waals surface area contributed by atoms with E-state index < -0.39 is 0 Å². The first-order valence-electron chi connectivity index (χ1n) is 10.2. The van der Waals surface area contributed by atoms with Crippen LogP contribution in [-0.4, -0.2) is 28.9 Å². The predicted octanol–water partition coefficient (Wildman–Crippen LogP) is 6.11. The van der Waals surface area contributed by atoms with E-state index in [4.69, 9.17) is 9.72 Å². The van der Waals surface area contributed by atoms with Crippen LogP contribution in [0.2, 0.25) is 0 Å². The Labute approximate surface area is 179 Å². The average molecular weight is 415 g/mol. The van der Waals surface area contributed by atoms with Gasteiger partial charge in [-0.05, 0) is 61.4 Å². The van der Waals surface area contributed by atoms with Gasteiger partial charge < -0.3 is 9.64 Å². The van der Waals surface area contributed by atoms with Crippen molar-refractivity contribution >= 4 is 27.5 Å². The molecule has 1 fully saturated rings. The lowest BCUT2D eigenvalue weighted by molar-refractivity contribution is 0.0713. The molecule has 5 rings (SSSR count). The number of ether oxygens (including phenoxy) is 1. The van der Waals surface area contributed by atoms with E-state index in [0.717, 1.165) is 42.9 Å². The first-order valence-corrected chi connectivity index (χ1v) is 11.1. The molecule has 1 aromatic heterocycles. The third kappa shape index (κ3) is 3.94. The van der Waals surface area contributed by atoms with Crippen LogP contribution in [0.25, 0.3) is 10.2 Å². The molecular weight excluding hydrogens is 392 g/mol. The number of para-hydroxylation sites is 2. The minimum atomic E-state index is 0.0870. The summed E-state index contributed by atoms with van der Waals surface area (Å²) in [7, 11) is 0. The third-order valence-corrected chi connectivity index (χ3v) is 6.72. The van der Waals surface area contributed by atoms with E-state index in [1.54, 1.807) is 11.3 Å². The molecule has 0 bridgehead atoms. The van der Waals surface area contributed by atoms with Gasteiger partial charge in [0.25, 0.3) is 5.91 Å². The molecule has 5 heteroatoms. The van der Waals surface area contributed by atoms with E-state index in [2.05, 4.69) is 18.2 Å². The Morgan fingerprint density at radius 3 is 2.27 bits per heavy atom. The zero-order chi connectivity index (χ0) is 20.3. The smallest absolute Gasteiger partial charge is 0.253 e. The maximum atomic E-state index is 12.9. The number of aromatic nitrogens is 1. The molecule has 0 spiro atoms. The van der Waals surface area contributed by atoms with Crippen LogP contribution in [0.15, 0.2) is 78.9 Å². The number of hydrogen-bond donors (Lipinski definition) is 0. The highest BCUT2D eigenvalue weighted by Gasteiger charge is 2.26. The first kappa shape index (κ1) is 18.8. The van der Waals surface area contributed by atoms with Crippen LogP contribution in [0, 0.1) is 0 Å². The van der Waals surface area contributed by atoms with Gasteiger partial charge in [-0.15, -0.1) is 11.3 Å². The summed E-state index contributed by atoms with van der Waals surface area (Å²) in [5.74, 6) is 2.04. The average Bonchev–Trinajstić information content (AvgIpc) is 3.24. The van der Waals surface area contributed by atoms with Crippen molar-refractivity contribution < 1.29 is 9.53 Å². The van der Waals surface area contributed by atoms with Crippen molar-refractivity contribution in [2.45, 2.75) is 18.8 Å². The second-order valence-corrected chi connectivity index (χ2v) is 8.59. The number of carbonyl (C=O) groups is 1. The van der Waals surface area contributed by atoms with E-state index in [-0.39, 0.29) is 5.91 Å². The third-order valence-electron chi connectivity index (χ3n) is 5.52. The van der Waals surface area contributed by atoms with Crippen molar-refractivity contribution in [3.05, 3.63) is 89.4 Å². The SMILES string of the molecule is O=C(c1ccc(Oc2ccccc2)cc1)N1CCC(c2nc3ccccc3s2)CC1. The fraction of sp³-hybridized carbons (Fsp3) is 0.200. The Bertz CT molecular complexity index is 1110. The van der Waals surface area contributed by atoms with Gasteiger partial charge in [-0.2, -0.15) is 0 Å². The fourth-order valence-electron chi connectivity index (χ4n) is 3.87. The van der Waals surface area contributed by atoms with Gasteiger partial charge in [0, 0.05) is 24.6 Å². The summed E-state index contributed by atoms with van der Waals surface area (Å²) >= 11 is 1.78. The van der Waals surface area contributed by atoms with Gasteiger partial charge in [-0.25, -0.2) is 4.98 Å². The Balaban J connectivity index is 1.21. The predicted molar refractivity (Wildman–Crippen MR) is 120 cm³/mol. The van der Waals surface area contributed by atoms with Crippen molar-refractivity contribution in [3.8, 4) is 11.5 Å². The summed E-state index contributed by atoms with van der Waals surface area (Å²) in [6.45, 7) is 1.53. The number of piperidine rings is 1. The standard InChI is InChI=1S/C25H22N2O2S/c28-25(19-10-12-21(13-11-19)29-20-6-2-1-3-7-20)27-16-14-18(15-17-27)24-26-22-8-4-5-9-23(22)30-24/h1-13,18H,14-17H2. The lowest BCUT2D eigenvalue weighted by atomic mass is 9.97. The molecule has 0 saturated carbocycles. The minimum Gasteiger partial charge on any atom is -0.457 e. The minimum absolute atomic E-state index is 0.0870. The molecule has 0 aliphatic carbocycles. The molecule has 2 heterocycles. The summed E-state index contributed by atoms with van der Waals surface area (Å²) < 4.78 is 7.06. The number of benzene rings is 3. The van der Waals surface area contributed by atoms with Crippen LogP contribution < -0.4 is 4.74 Å². The Hall–Kier alpha value is -3.18. The lowest BCUT2D eigenvalue weighted by Crippen LogP contribution is -2.37. The van der Waals surface area contributed by atoms with E-state index >= 15 is 0 Å². The number of hydrogen-bond acceptors (Lipinski definition) is 4. The van der Waals surface area contributed by atoms with Crippen LogP contribution in [0.4, 0.5) is 0 Å². The molecule has 1 amide bonds. The normalized spacial score (nSPS) is 14.7. The van der Waals surface area contributed by atoms with Gasteiger partial charge in [-0.1, -0.05) is 30.3 Å². The van der Waals surface area contributed by atoms with Crippen LogP contribution >= 0.6 is 11.3 Å². The molecule has 0 radical (unpaired) electrons. The number of fused-ring (bicyclic) bond motifs is 1. The van der Waals surface area contributed by atoms with Crippen molar-refractivity contribution in [2.24, 2.45) is 0 Å². The van der Waals surface area contributed by atoms with E-state index in [1.165, 1.54) is 9.71 Å². The number of thiazole rings is 1. The molecule has 1 aliphatic rings. The van der Waals surface area contributed by atoms with Crippen LogP contribution in [0.5, 0.6) is 11.5 Å². The van der Waals surface area contributed by atoms with Crippen LogP contribution in [0.3, 0.4) is 0 Å². The number of likely N-dealkylation sites (tertiary alicyclic amines) is 1. The van der Waals surface area contributed by atoms with Gasteiger partial charge in [-0.3, -0.25) is 4.79 Å². The summed E-state index contributed by atoms with van der Waals surface area (Å²) in [6.07, 6.45) is 1.92. The maximum absolute atomic E-state index is 12.9. The highest BCUT2D eigenvalue weighted by Crippen LogP contribution is 2.34. The molecule has 1 aliphatic heterocycles. The Morgan fingerprint density at radius 1 is 0.867 bits per heavy atom. The molecule has 0 atom stereocenters. The summed E-state index contributed by atoms with van der Waals surface area (Å²) in [4.78, 5) is 19.7.